The maximum Gasteiger partial charge on any atom is 0.328 e. The zero-order valence-corrected chi connectivity index (χ0v) is 9.15. The number of nitrogen functional groups attached to an aromatic ring is 1. The number of hydrogen-bond acceptors (Lipinski definition) is 7. The van der Waals surface area contributed by atoms with E-state index in [-0.39, 0.29) is 13.2 Å². The van der Waals surface area contributed by atoms with Gasteiger partial charge in [0.05, 0.1) is 18.9 Å². The lowest BCUT2D eigenvalue weighted by Gasteiger charge is -2.01. The minimum atomic E-state index is -0.444. The molecule has 17 heavy (non-hydrogen) atoms. The number of nitrogens with two attached hydrogens (primary N) is 1. The number of anilines is 1. The first-order valence-electron chi connectivity index (χ1n) is 4.80. The number of ether oxygens (including phenoxy) is 1. The second kappa shape index (κ2) is 4.60. The van der Waals surface area contributed by atoms with Crippen LogP contribution in [-0.4, -0.2) is 36.0 Å². The van der Waals surface area contributed by atoms with Gasteiger partial charge in [0.1, 0.15) is 6.54 Å². The SMILES string of the molecule is Cn1nnc(COC(=O)Cn2cc(N)cn2)n1. The fraction of sp³-hybridized carbons (Fsp3) is 0.375. The number of aryl methyl sites for hydroxylation is 1. The van der Waals surface area contributed by atoms with Crippen LogP contribution in [0.1, 0.15) is 5.82 Å². The molecule has 0 aromatic carbocycles. The van der Waals surface area contributed by atoms with Crippen LogP contribution in [0.2, 0.25) is 0 Å². The summed E-state index contributed by atoms with van der Waals surface area (Å²) in [6.07, 6.45) is 3.00. The first kappa shape index (κ1) is 11.0. The number of esters is 1. The van der Waals surface area contributed by atoms with Crippen molar-refractivity contribution in [1.29, 1.82) is 0 Å². The van der Waals surface area contributed by atoms with Gasteiger partial charge in [-0.2, -0.15) is 9.90 Å². The van der Waals surface area contributed by atoms with Gasteiger partial charge in [0.25, 0.3) is 0 Å². The Labute approximate surface area is 96.2 Å². The number of carbonyl (C=O) groups is 1. The summed E-state index contributed by atoms with van der Waals surface area (Å²) in [6, 6.07) is 0. The Bertz CT molecular complexity index is 517. The summed E-state index contributed by atoms with van der Waals surface area (Å²) >= 11 is 0. The molecule has 0 saturated heterocycles. The van der Waals surface area contributed by atoms with Gasteiger partial charge in [-0.1, -0.05) is 0 Å². The third-order valence-electron chi connectivity index (χ3n) is 1.86. The Morgan fingerprint density at radius 1 is 1.59 bits per heavy atom. The Hall–Kier alpha value is -2.45. The average molecular weight is 237 g/mol. The van der Waals surface area contributed by atoms with Gasteiger partial charge in [0.15, 0.2) is 6.61 Å². The van der Waals surface area contributed by atoms with E-state index in [4.69, 9.17) is 10.5 Å². The van der Waals surface area contributed by atoms with Crippen LogP contribution in [0.5, 0.6) is 0 Å². The average Bonchev–Trinajstić information content (AvgIpc) is 2.85. The van der Waals surface area contributed by atoms with Crippen molar-refractivity contribution in [3.8, 4) is 0 Å². The van der Waals surface area contributed by atoms with Gasteiger partial charge in [-0.05, 0) is 5.21 Å². The summed E-state index contributed by atoms with van der Waals surface area (Å²) in [5.41, 5.74) is 5.95. The molecule has 0 aliphatic carbocycles. The second-order valence-electron chi connectivity index (χ2n) is 3.33. The smallest absolute Gasteiger partial charge is 0.328 e. The largest absolute Gasteiger partial charge is 0.456 e. The zero-order valence-electron chi connectivity index (χ0n) is 9.15. The molecule has 0 aliphatic rings. The van der Waals surface area contributed by atoms with Crippen LogP contribution in [0.15, 0.2) is 12.4 Å². The highest BCUT2D eigenvalue weighted by Gasteiger charge is 2.08. The standard InChI is InChI=1S/C8H11N7O2/c1-14-12-7(11-13-14)5-17-8(16)4-15-3-6(9)2-10-15/h2-3H,4-5,9H2,1H3. The molecular formula is C8H11N7O2. The van der Waals surface area contributed by atoms with Crippen LogP contribution in [0.3, 0.4) is 0 Å². The highest BCUT2D eigenvalue weighted by atomic mass is 16.5. The number of rotatable bonds is 4. The molecule has 0 unspecified atom stereocenters. The molecule has 0 amide bonds. The predicted octanol–water partition coefficient (Wildman–Crippen LogP) is -1.27. The summed E-state index contributed by atoms with van der Waals surface area (Å²) in [4.78, 5) is 12.7. The first-order chi connectivity index (χ1) is 8.13. The lowest BCUT2D eigenvalue weighted by atomic mass is 10.6. The summed E-state index contributed by atoms with van der Waals surface area (Å²) in [5.74, 6) is -0.0959. The number of aromatic nitrogens is 6. The van der Waals surface area contributed by atoms with Crippen molar-refractivity contribution in [2.45, 2.75) is 13.2 Å². The van der Waals surface area contributed by atoms with Gasteiger partial charge >= 0.3 is 5.97 Å². The highest BCUT2D eigenvalue weighted by Crippen LogP contribution is 1.99. The quantitative estimate of drug-likeness (QED) is 0.659. The molecular weight excluding hydrogens is 226 g/mol. The van der Waals surface area contributed by atoms with Crippen LogP contribution < -0.4 is 5.73 Å². The Morgan fingerprint density at radius 3 is 3.00 bits per heavy atom. The molecule has 0 spiro atoms. The monoisotopic (exact) mass is 237 g/mol. The van der Waals surface area contributed by atoms with Crippen molar-refractivity contribution in [1.82, 2.24) is 30.0 Å². The molecule has 9 nitrogen and oxygen atoms in total. The minimum absolute atomic E-state index is 0.00252. The van der Waals surface area contributed by atoms with Gasteiger partial charge in [-0.15, -0.1) is 10.2 Å². The molecule has 2 aromatic heterocycles. The van der Waals surface area contributed by atoms with Gasteiger partial charge < -0.3 is 10.5 Å². The number of hydrogen-bond donors (Lipinski definition) is 1. The van der Waals surface area contributed by atoms with E-state index >= 15 is 0 Å². The van der Waals surface area contributed by atoms with Crippen molar-refractivity contribution in [2.24, 2.45) is 7.05 Å². The third kappa shape index (κ3) is 3.00. The molecule has 2 rings (SSSR count). The number of nitrogens with zero attached hydrogens (tertiary/aromatic N) is 6. The van der Waals surface area contributed by atoms with E-state index in [0.717, 1.165) is 0 Å². The maximum absolute atomic E-state index is 11.4. The fourth-order valence-corrected chi connectivity index (χ4v) is 1.17. The first-order valence-corrected chi connectivity index (χ1v) is 4.80. The highest BCUT2D eigenvalue weighted by molar-refractivity contribution is 5.69. The minimum Gasteiger partial charge on any atom is -0.456 e. The normalized spacial score (nSPS) is 10.4. The topological polar surface area (TPSA) is 114 Å². The van der Waals surface area contributed by atoms with E-state index in [1.54, 1.807) is 13.2 Å². The van der Waals surface area contributed by atoms with E-state index in [9.17, 15) is 4.79 Å². The summed E-state index contributed by atoms with van der Waals surface area (Å²) in [7, 11) is 1.63. The lowest BCUT2D eigenvalue weighted by Crippen LogP contribution is -2.14. The molecule has 0 aliphatic heterocycles. The zero-order chi connectivity index (χ0) is 12.3. The van der Waals surface area contributed by atoms with E-state index < -0.39 is 5.97 Å². The van der Waals surface area contributed by atoms with Crippen LogP contribution >= 0.6 is 0 Å². The van der Waals surface area contributed by atoms with Crippen molar-refractivity contribution in [3.63, 3.8) is 0 Å². The predicted molar refractivity (Wildman–Crippen MR) is 55.2 cm³/mol. The van der Waals surface area contributed by atoms with Crippen molar-refractivity contribution < 1.29 is 9.53 Å². The van der Waals surface area contributed by atoms with Gasteiger partial charge in [0, 0.05) is 6.20 Å². The molecule has 0 bridgehead atoms. The maximum atomic E-state index is 11.4. The fourth-order valence-electron chi connectivity index (χ4n) is 1.17. The molecule has 0 saturated carbocycles. The van der Waals surface area contributed by atoms with E-state index in [2.05, 4.69) is 20.5 Å². The van der Waals surface area contributed by atoms with Crippen molar-refractivity contribution >= 4 is 11.7 Å². The molecule has 0 radical (unpaired) electrons. The molecule has 2 N–H and O–H groups in total. The molecule has 90 valence electrons. The third-order valence-corrected chi connectivity index (χ3v) is 1.86. The molecule has 0 atom stereocenters. The molecule has 0 fully saturated rings. The molecule has 2 aromatic rings. The van der Waals surface area contributed by atoms with Crippen LogP contribution in [-0.2, 0) is 29.7 Å². The van der Waals surface area contributed by atoms with Gasteiger partial charge in [-0.3, -0.25) is 9.48 Å². The molecule has 9 heteroatoms. The summed E-state index contributed by atoms with van der Waals surface area (Å²) < 4.78 is 6.33. The van der Waals surface area contributed by atoms with Crippen molar-refractivity contribution in [3.05, 3.63) is 18.2 Å². The van der Waals surface area contributed by atoms with Crippen molar-refractivity contribution in [2.75, 3.05) is 5.73 Å². The van der Waals surface area contributed by atoms with Gasteiger partial charge in [-0.25, -0.2) is 0 Å². The van der Waals surface area contributed by atoms with Crippen LogP contribution in [0.25, 0.3) is 0 Å². The second-order valence-corrected chi connectivity index (χ2v) is 3.33. The van der Waals surface area contributed by atoms with E-state index in [1.807, 2.05) is 0 Å². The lowest BCUT2D eigenvalue weighted by molar-refractivity contribution is -0.146. The summed E-state index contributed by atoms with van der Waals surface area (Å²) in [5, 5.41) is 15.0. The Balaban J connectivity index is 1.82. The Kier molecular flexibility index (Phi) is 2.99. The van der Waals surface area contributed by atoms with E-state index in [1.165, 1.54) is 15.7 Å². The van der Waals surface area contributed by atoms with Gasteiger partial charge in [0.2, 0.25) is 5.82 Å². The van der Waals surface area contributed by atoms with E-state index in [0.29, 0.717) is 11.5 Å². The van der Waals surface area contributed by atoms with Crippen LogP contribution in [0.4, 0.5) is 5.69 Å². The summed E-state index contributed by atoms with van der Waals surface area (Å²) in [6.45, 7) is -0.0130. The molecule has 2 heterocycles. The van der Waals surface area contributed by atoms with Crippen LogP contribution in [0, 0.1) is 0 Å². The number of carbonyl (C=O) groups excluding carboxylic acids is 1. The number of tetrazole rings is 1. The Morgan fingerprint density at radius 2 is 2.41 bits per heavy atom.